The molecule has 0 aliphatic carbocycles. The molecular formula is C10H11NO3S. The summed E-state index contributed by atoms with van der Waals surface area (Å²) in [6, 6.07) is 5.58. The number of aliphatic carboxylic acids is 1. The van der Waals surface area contributed by atoms with E-state index in [0.29, 0.717) is 6.54 Å². The van der Waals surface area contributed by atoms with Crippen molar-refractivity contribution in [3.63, 3.8) is 0 Å². The number of thioether (sulfide) groups is 1. The highest BCUT2D eigenvalue weighted by atomic mass is 32.2. The minimum absolute atomic E-state index is 0.411. The van der Waals surface area contributed by atoms with Crippen molar-refractivity contribution in [1.29, 1.82) is 0 Å². The van der Waals surface area contributed by atoms with Gasteiger partial charge >= 0.3 is 5.97 Å². The van der Waals surface area contributed by atoms with Gasteiger partial charge in [-0.25, -0.2) is 0 Å². The lowest BCUT2D eigenvalue weighted by molar-refractivity contribution is -0.136. The van der Waals surface area contributed by atoms with E-state index in [1.54, 1.807) is 7.11 Å². The zero-order valence-electron chi connectivity index (χ0n) is 8.19. The van der Waals surface area contributed by atoms with Crippen LogP contribution in [-0.2, 0) is 4.79 Å². The lowest BCUT2D eigenvalue weighted by Gasteiger charge is -2.23. The fraction of sp³-hybridized carbons (Fsp3) is 0.300. The fourth-order valence-corrected chi connectivity index (χ4v) is 2.39. The van der Waals surface area contributed by atoms with Crippen LogP contribution >= 0.6 is 11.8 Å². The average Bonchev–Trinajstić information content (AvgIpc) is 2.27. The Labute approximate surface area is 91.6 Å². The first-order chi connectivity index (χ1) is 7.20. The summed E-state index contributed by atoms with van der Waals surface area (Å²) in [5.41, 5.74) is 0.942. The molecule has 5 heteroatoms. The van der Waals surface area contributed by atoms with Gasteiger partial charge in [0.25, 0.3) is 0 Å². The normalized spacial score (nSPS) is 18.9. The van der Waals surface area contributed by atoms with E-state index in [0.717, 1.165) is 16.3 Å². The summed E-state index contributed by atoms with van der Waals surface area (Å²) in [4.78, 5) is 11.8. The Hall–Kier alpha value is -1.36. The van der Waals surface area contributed by atoms with Crippen molar-refractivity contribution in [2.45, 2.75) is 10.1 Å². The second-order valence-electron chi connectivity index (χ2n) is 3.19. The zero-order chi connectivity index (χ0) is 10.8. The third kappa shape index (κ3) is 2.02. The molecule has 1 aromatic rings. The van der Waals surface area contributed by atoms with Crippen LogP contribution in [0.3, 0.4) is 0 Å². The number of fused-ring (bicyclic) bond motifs is 1. The standard InChI is InChI=1S/C10H11NO3S/c1-14-6-2-3-8-7(4-6)11-5-9(15-8)10(12)13/h2-4,9,11H,5H2,1H3,(H,12,13). The van der Waals surface area contributed by atoms with Crippen LogP contribution < -0.4 is 10.1 Å². The van der Waals surface area contributed by atoms with Crippen LogP contribution in [0.2, 0.25) is 0 Å². The molecule has 0 radical (unpaired) electrons. The van der Waals surface area contributed by atoms with Gasteiger partial charge in [0.15, 0.2) is 0 Å². The van der Waals surface area contributed by atoms with E-state index in [1.165, 1.54) is 11.8 Å². The van der Waals surface area contributed by atoms with Crippen molar-refractivity contribution in [2.24, 2.45) is 0 Å². The molecule has 1 unspecified atom stereocenters. The van der Waals surface area contributed by atoms with Gasteiger partial charge in [-0.15, -0.1) is 11.8 Å². The van der Waals surface area contributed by atoms with Crippen LogP contribution in [0.5, 0.6) is 5.75 Å². The summed E-state index contributed by atoms with van der Waals surface area (Å²) >= 11 is 1.37. The molecule has 1 aromatic carbocycles. The Bertz CT molecular complexity index is 394. The summed E-state index contributed by atoms with van der Waals surface area (Å²) < 4.78 is 5.09. The second-order valence-corrected chi connectivity index (χ2v) is 4.43. The number of hydrogen-bond donors (Lipinski definition) is 2. The molecule has 2 rings (SSSR count). The average molecular weight is 225 g/mol. The van der Waals surface area contributed by atoms with E-state index in [2.05, 4.69) is 5.32 Å². The van der Waals surface area contributed by atoms with Crippen LogP contribution in [-0.4, -0.2) is 30.0 Å². The second kappa shape index (κ2) is 4.02. The third-order valence-electron chi connectivity index (χ3n) is 2.21. The van der Waals surface area contributed by atoms with Gasteiger partial charge in [-0.2, -0.15) is 0 Å². The smallest absolute Gasteiger partial charge is 0.318 e. The van der Waals surface area contributed by atoms with Crippen molar-refractivity contribution in [3.8, 4) is 5.75 Å². The van der Waals surface area contributed by atoms with Gasteiger partial charge in [0.05, 0.1) is 12.8 Å². The SMILES string of the molecule is COc1ccc2c(c1)NCC(C(=O)O)S2. The topological polar surface area (TPSA) is 58.6 Å². The van der Waals surface area contributed by atoms with Crippen LogP contribution in [0.15, 0.2) is 23.1 Å². The molecule has 0 saturated carbocycles. The van der Waals surface area contributed by atoms with Gasteiger partial charge < -0.3 is 15.2 Å². The number of carboxylic acid groups (broad SMARTS) is 1. The summed E-state index contributed by atoms with van der Waals surface area (Å²) in [6.45, 7) is 0.445. The highest BCUT2D eigenvalue weighted by molar-refractivity contribution is 8.00. The summed E-state index contributed by atoms with van der Waals surface area (Å²) in [5.74, 6) is -0.00964. The molecular weight excluding hydrogens is 214 g/mol. The Kier molecular flexibility index (Phi) is 2.73. The summed E-state index contributed by atoms with van der Waals surface area (Å²) in [7, 11) is 1.61. The molecule has 1 aliphatic rings. The molecule has 0 bridgehead atoms. The first-order valence-electron chi connectivity index (χ1n) is 4.52. The van der Waals surface area contributed by atoms with Gasteiger partial charge in [0, 0.05) is 17.5 Å². The van der Waals surface area contributed by atoms with E-state index in [4.69, 9.17) is 9.84 Å². The quantitative estimate of drug-likeness (QED) is 0.801. The highest BCUT2D eigenvalue weighted by Gasteiger charge is 2.24. The molecule has 1 aliphatic heterocycles. The van der Waals surface area contributed by atoms with Crippen molar-refractivity contribution in [1.82, 2.24) is 0 Å². The van der Waals surface area contributed by atoms with Crippen molar-refractivity contribution < 1.29 is 14.6 Å². The maximum absolute atomic E-state index is 10.8. The van der Waals surface area contributed by atoms with E-state index in [-0.39, 0.29) is 0 Å². The van der Waals surface area contributed by atoms with E-state index < -0.39 is 11.2 Å². The number of ether oxygens (including phenoxy) is 1. The predicted molar refractivity (Wildman–Crippen MR) is 58.8 cm³/mol. The number of hydrogen-bond acceptors (Lipinski definition) is 4. The molecule has 1 heterocycles. The molecule has 4 nitrogen and oxygen atoms in total. The van der Waals surface area contributed by atoms with Gasteiger partial charge in [-0.1, -0.05) is 0 Å². The first kappa shape index (κ1) is 10.2. The van der Waals surface area contributed by atoms with Crippen LogP contribution in [0.1, 0.15) is 0 Å². The number of carbonyl (C=O) groups is 1. The van der Waals surface area contributed by atoms with Gasteiger partial charge in [0.1, 0.15) is 11.0 Å². The number of benzene rings is 1. The molecule has 1 atom stereocenters. The predicted octanol–water partition coefficient (Wildman–Crippen LogP) is 1.67. The minimum Gasteiger partial charge on any atom is -0.497 e. The molecule has 80 valence electrons. The molecule has 0 fully saturated rings. The molecule has 2 N–H and O–H groups in total. The van der Waals surface area contributed by atoms with E-state index in [9.17, 15) is 4.79 Å². The third-order valence-corrected chi connectivity index (χ3v) is 3.47. The molecule has 0 spiro atoms. The monoisotopic (exact) mass is 225 g/mol. The van der Waals surface area contributed by atoms with Crippen LogP contribution in [0, 0.1) is 0 Å². The maximum Gasteiger partial charge on any atom is 0.318 e. The minimum atomic E-state index is -0.783. The fourth-order valence-electron chi connectivity index (χ4n) is 1.41. The Balaban J connectivity index is 2.24. The van der Waals surface area contributed by atoms with Gasteiger partial charge in [0.2, 0.25) is 0 Å². The largest absolute Gasteiger partial charge is 0.497 e. The van der Waals surface area contributed by atoms with Crippen molar-refractivity contribution >= 4 is 23.4 Å². The highest BCUT2D eigenvalue weighted by Crippen LogP contribution is 2.37. The Morgan fingerprint density at radius 3 is 3.13 bits per heavy atom. The van der Waals surface area contributed by atoms with Crippen molar-refractivity contribution in [2.75, 3.05) is 19.0 Å². The van der Waals surface area contributed by atoms with E-state index >= 15 is 0 Å². The molecule has 0 aromatic heterocycles. The van der Waals surface area contributed by atoms with Gasteiger partial charge in [-0.05, 0) is 12.1 Å². The molecule has 15 heavy (non-hydrogen) atoms. The lowest BCUT2D eigenvalue weighted by atomic mass is 10.2. The first-order valence-corrected chi connectivity index (χ1v) is 5.40. The maximum atomic E-state index is 10.8. The number of methoxy groups -OCH3 is 1. The molecule has 0 amide bonds. The van der Waals surface area contributed by atoms with Crippen LogP contribution in [0.25, 0.3) is 0 Å². The number of nitrogens with one attached hydrogen (secondary N) is 1. The lowest BCUT2D eigenvalue weighted by Crippen LogP contribution is -2.28. The number of anilines is 1. The summed E-state index contributed by atoms with van der Waals surface area (Å²) in [5, 5.41) is 11.6. The number of carboxylic acids is 1. The van der Waals surface area contributed by atoms with E-state index in [1.807, 2.05) is 18.2 Å². The Morgan fingerprint density at radius 2 is 2.47 bits per heavy atom. The summed E-state index contributed by atoms with van der Waals surface area (Å²) in [6.07, 6.45) is 0. The Morgan fingerprint density at radius 1 is 1.67 bits per heavy atom. The zero-order valence-corrected chi connectivity index (χ0v) is 9.00. The van der Waals surface area contributed by atoms with Gasteiger partial charge in [-0.3, -0.25) is 4.79 Å². The van der Waals surface area contributed by atoms with Crippen molar-refractivity contribution in [3.05, 3.63) is 18.2 Å². The number of rotatable bonds is 2. The molecule has 0 saturated heterocycles. The van der Waals surface area contributed by atoms with Crippen LogP contribution in [0.4, 0.5) is 5.69 Å².